The Balaban J connectivity index is 1.37. The zero-order valence-electron chi connectivity index (χ0n) is 12.6. The van der Waals surface area contributed by atoms with Gasteiger partial charge in [0.05, 0.1) is 17.6 Å². The van der Waals surface area contributed by atoms with E-state index in [1.807, 2.05) is 52.1 Å². The smallest absolute Gasteiger partial charge is 0.322 e. The molecule has 2 saturated heterocycles. The van der Waals surface area contributed by atoms with Gasteiger partial charge in [0.25, 0.3) is 0 Å². The highest BCUT2D eigenvalue weighted by atomic mass is 32.1. The fourth-order valence-corrected chi connectivity index (χ4v) is 3.88. The van der Waals surface area contributed by atoms with E-state index in [0.717, 1.165) is 11.3 Å². The molecule has 1 N–H and O–H groups in total. The van der Waals surface area contributed by atoms with Gasteiger partial charge in [-0.05, 0) is 17.0 Å². The molecule has 6 heteroatoms. The lowest BCUT2D eigenvalue weighted by Gasteiger charge is -2.61. The highest BCUT2D eigenvalue weighted by Crippen LogP contribution is 2.41. The molecule has 2 aromatic rings. The van der Waals surface area contributed by atoms with Crippen LogP contribution in [0.25, 0.3) is 0 Å². The summed E-state index contributed by atoms with van der Waals surface area (Å²) in [7, 11) is 0. The van der Waals surface area contributed by atoms with Crippen LogP contribution in [0.15, 0.2) is 47.2 Å². The molecule has 1 spiro atoms. The first-order chi connectivity index (χ1) is 11.2. The second kappa shape index (κ2) is 5.38. The van der Waals surface area contributed by atoms with E-state index in [-0.39, 0.29) is 17.5 Å². The van der Waals surface area contributed by atoms with Crippen molar-refractivity contribution >= 4 is 29.0 Å². The van der Waals surface area contributed by atoms with Crippen LogP contribution in [0.2, 0.25) is 0 Å². The predicted octanol–water partition coefficient (Wildman–Crippen LogP) is 2.77. The molecular weight excluding hydrogens is 310 g/mol. The molecule has 2 aliphatic heterocycles. The molecule has 23 heavy (non-hydrogen) atoms. The molecule has 0 unspecified atom stereocenters. The first-order valence-corrected chi connectivity index (χ1v) is 8.53. The second-order valence-corrected chi connectivity index (χ2v) is 6.94. The van der Waals surface area contributed by atoms with Gasteiger partial charge in [0.2, 0.25) is 5.91 Å². The van der Waals surface area contributed by atoms with Crippen LogP contribution in [0.4, 0.5) is 10.5 Å². The maximum atomic E-state index is 12.2. The zero-order valence-corrected chi connectivity index (χ0v) is 13.4. The molecule has 0 bridgehead atoms. The summed E-state index contributed by atoms with van der Waals surface area (Å²) in [6.45, 7) is 1.85. The number of thiophene rings is 1. The molecule has 0 saturated carbocycles. The topological polar surface area (TPSA) is 52.7 Å². The number of β-lactam (4-membered cyclic amide) rings is 1. The van der Waals surface area contributed by atoms with Gasteiger partial charge in [-0.25, -0.2) is 4.79 Å². The SMILES string of the molecule is O=C(Nc1ccsc1)N1CC2(CC(=O)N2Cc2ccccc2)C1. The molecule has 1 aromatic heterocycles. The van der Waals surface area contributed by atoms with Crippen molar-refractivity contribution in [2.75, 3.05) is 18.4 Å². The number of carbonyl (C=O) groups excluding carboxylic acids is 2. The Morgan fingerprint density at radius 2 is 2.00 bits per heavy atom. The van der Waals surface area contributed by atoms with E-state index in [4.69, 9.17) is 0 Å². The van der Waals surface area contributed by atoms with E-state index in [9.17, 15) is 9.59 Å². The Kier molecular flexibility index (Phi) is 3.34. The lowest BCUT2D eigenvalue weighted by molar-refractivity contribution is -0.172. The van der Waals surface area contributed by atoms with Crippen molar-refractivity contribution in [3.63, 3.8) is 0 Å². The van der Waals surface area contributed by atoms with Gasteiger partial charge in [-0.1, -0.05) is 30.3 Å². The normalized spacial score (nSPS) is 18.5. The Morgan fingerprint density at radius 1 is 1.22 bits per heavy atom. The first-order valence-electron chi connectivity index (χ1n) is 7.59. The molecule has 0 aliphatic carbocycles. The Morgan fingerprint density at radius 3 is 2.65 bits per heavy atom. The molecule has 3 heterocycles. The van der Waals surface area contributed by atoms with E-state index in [0.29, 0.717) is 26.1 Å². The number of hydrogen-bond donors (Lipinski definition) is 1. The number of nitrogens with one attached hydrogen (secondary N) is 1. The van der Waals surface area contributed by atoms with Crippen LogP contribution in [0.3, 0.4) is 0 Å². The van der Waals surface area contributed by atoms with Gasteiger partial charge in [0, 0.05) is 25.0 Å². The van der Waals surface area contributed by atoms with Gasteiger partial charge in [-0.15, -0.1) is 0 Å². The van der Waals surface area contributed by atoms with Crippen LogP contribution in [0.1, 0.15) is 12.0 Å². The second-order valence-electron chi connectivity index (χ2n) is 6.16. The van der Waals surface area contributed by atoms with Crippen molar-refractivity contribution in [1.29, 1.82) is 0 Å². The molecule has 2 aliphatic rings. The lowest BCUT2D eigenvalue weighted by Crippen LogP contribution is -2.79. The molecule has 4 rings (SSSR count). The van der Waals surface area contributed by atoms with Gasteiger partial charge in [-0.2, -0.15) is 11.3 Å². The number of urea groups is 1. The number of anilines is 1. The summed E-state index contributed by atoms with van der Waals surface area (Å²) in [6.07, 6.45) is 0.544. The number of amides is 3. The zero-order chi connectivity index (χ0) is 15.9. The van der Waals surface area contributed by atoms with Crippen LogP contribution >= 0.6 is 11.3 Å². The summed E-state index contributed by atoms with van der Waals surface area (Å²) in [4.78, 5) is 27.8. The number of likely N-dealkylation sites (tertiary alicyclic amines) is 2. The standard InChI is InChI=1S/C17H17N3O2S/c21-15-8-17(20(15)9-13-4-2-1-3-5-13)11-19(12-17)16(22)18-14-6-7-23-10-14/h1-7,10H,8-9,11-12H2,(H,18,22). The summed E-state index contributed by atoms with van der Waals surface area (Å²) in [5.41, 5.74) is 1.80. The minimum atomic E-state index is -0.154. The van der Waals surface area contributed by atoms with E-state index in [1.165, 1.54) is 0 Å². The van der Waals surface area contributed by atoms with Crippen LogP contribution < -0.4 is 5.32 Å². The minimum Gasteiger partial charge on any atom is -0.329 e. The van der Waals surface area contributed by atoms with Crippen molar-refractivity contribution < 1.29 is 9.59 Å². The van der Waals surface area contributed by atoms with Crippen LogP contribution in [-0.4, -0.2) is 40.4 Å². The van der Waals surface area contributed by atoms with Gasteiger partial charge in [0.15, 0.2) is 0 Å². The summed E-state index contributed by atoms with van der Waals surface area (Å²) in [5, 5.41) is 6.71. The summed E-state index contributed by atoms with van der Waals surface area (Å²) < 4.78 is 0. The Bertz CT molecular complexity index is 724. The van der Waals surface area contributed by atoms with Crippen LogP contribution in [-0.2, 0) is 11.3 Å². The number of rotatable bonds is 3. The third-order valence-electron chi connectivity index (χ3n) is 4.57. The van der Waals surface area contributed by atoms with Crippen molar-refractivity contribution in [3.05, 3.63) is 52.7 Å². The number of benzene rings is 1. The van der Waals surface area contributed by atoms with Gasteiger partial charge in [0.1, 0.15) is 0 Å². The quantitative estimate of drug-likeness (QED) is 0.881. The van der Waals surface area contributed by atoms with Crippen molar-refractivity contribution in [2.45, 2.75) is 18.5 Å². The fourth-order valence-electron chi connectivity index (χ4n) is 3.30. The van der Waals surface area contributed by atoms with Crippen molar-refractivity contribution in [1.82, 2.24) is 9.80 Å². The minimum absolute atomic E-state index is 0.0898. The third kappa shape index (κ3) is 2.49. The van der Waals surface area contributed by atoms with Crippen molar-refractivity contribution in [2.24, 2.45) is 0 Å². The summed E-state index contributed by atoms with van der Waals surface area (Å²) >= 11 is 1.55. The molecule has 0 radical (unpaired) electrons. The number of hydrogen-bond acceptors (Lipinski definition) is 3. The molecule has 1 aromatic carbocycles. The van der Waals surface area contributed by atoms with Crippen LogP contribution in [0, 0.1) is 0 Å². The largest absolute Gasteiger partial charge is 0.329 e. The predicted molar refractivity (Wildman–Crippen MR) is 89.3 cm³/mol. The van der Waals surface area contributed by atoms with E-state index < -0.39 is 0 Å². The first kappa shape index (κ1) is 14.3. The number of carbonyl (C=O) groups is 2. The summed E-state index contributed by atoms with van der Waals surface area (Å²) in [5.74, 6) is 0.173. The van der Waals surface area contributed by atoms with Gasteiger partial charge >= 0.3 is 6.03 Å². The molecule has 0 atom stereocenters. The van der Waals surface area contributed by atoms with Gasteiger partial charge in [-0.3, -0.25) is 4.79 Å². The van der Waals surface area contributed by atoms with E-state index in [2.05, 4.69) is 5.32 Å². The number of nitrogens with zero attached hydrogens (tertiary/aromatic N) is 2. The Hall–Kier alpha value is -2.34. The highest BCUT2D eigenvalue weighted by molar-refractivity contribution is 7.08. The maximum absolute atomic E-state index is 12.2. The molecule has 118 valence electrons. The lowest BCUT2D eigenvalue weighted by atomic mass is 9.76. The average Bonchev–Trinajstić information content (AvgIpc) is 3.01. The molecule has 2 fully saturated rings. The molecule has 3 amide bonds. The van der Waals surface area contributed by atoms with Crippen LogP contribution in [0.5, 0.6) is 0 Å². The molecule has 5 nitrogen and oxygen atoms in total. The molecular formula is C17H17N3O2S. The average molecular weight is 327 g/mol. The summed E-state index contributed by atoms with van der Waals surface area (Å²) in [6, 6.07) is 11.8. The van der Waals surface area contributed by atoms with E-state index in [1.54, 1.807) is 16.2 Å². The van der Waals surface area contributed by atoms with E-state index >= 15 is 0 Å². The fraction of sp³-hybridized carbons (Fsp3) is 0.294. The Labute approximate surface area is 138 Å². The third-order valence-corrected chi connectivity index (χ3v) is 5.25. The maximum Gasteiger partial charge on any atom is 0.322 e. The van der Waals surface area contributed by atoms with Crippen molar-refractivity contribution in [3.8, 4) is 0 Å². The van der Waals surface area contributed by atoms with Gasteiger partial charge < -0.3 is 15.1 Å². The highest BCUT2D eigenvalue weighted by Gasteiger charge is 2.59. The monoisotopic (exact) mass is 327 g/mol.